The van der Waals surface area contributed by atoms with Gasteiger partial charge in [-0.15, -0.1) is 0 Å². The van der Waals surface area contributed by atoms with E-state index >= 15 is 0 Å². The number of hydrogen-bond acceptors (Lipinski definition) is 4. The largest absolute Gasteiger partial charge is 0.394 e. The van der Waals surface area contributed by atoms with Crippen LogP contribution >= 0.6 is 0 Å². The number of hydrogen-bond donors (Lipinski definition) is 2. The van der Waals surface area contributed by atoms with Gasteiger partial charge >= 0.3 is 8.56 Å². The van der Waals surface area contributed by atoms with Crippen molar-refractivity contribution in [2.45, 2.75) is 52.1 Å². The fourth-order valence-electron chi connectivity index (χ4n) is 1.85. The van der Waals surface area contributed by atoms with E-state index in [0.717, 1.165) is 57.7 Å². The van der Waals surface area contributed by atoms with Crippen LogP contribution in [0.4, 0.5) is 0 Å². The Morgan fingerprint density at radius 3 is 2.06 bits per heavy atom. The van der Waals surface area contributed by atoms with Gasteiger partial charge in [0.05, 0.1) is 0 Å². The van der Waals surface area contributed by atoms with Gasteiger partial charge in [-0.2, -0.15) is 0 Å². The zero-order valence-corrected chi connectivity index (χ0v) is 13.5. The molecule has 0 atom stereocenters. The summed E-state index contributed by atoms with van der Waals surface area (Å²) in [6.07, 6.45) is 3.25. The highest BCUT2D eigenvalue weighted by Crippen LogP contribution is 2.21. The third kappa shape index (κ3) is 8.21. The molecule has 0 saturated heterocycles. The molecule has 0 aromatic heterocycles. The second kappa shape index (κ2) is 12.1. The van der Waals surface area contributed by atoms with Crippen molar-refractivity contribution >= 4 is 8.56 Å². The maximum absolute atomic E-state index is 6.10. The van der Waals surface area contributed by atoms with Crippen LogP contribution < -0.4 is 11.1 Å². The lowest BCUT2D eigenvalue weighted by atomic mass is 10.5. The molecule has 0 saturated carbocycles. The minimum Gasteiger partial charge on any atom is -0.394 e. The predicted molar refractivity (Wildman–Crippen MR) is 80.1 cm³/mol. The Kier molecular flexibility index (Phi) is 12.1. The van der Waals surface area contributed by atoms with E-state index in [1.165, 1.54) is 0 Å². The first-order valence-corrected chi connectivity index (χ1v) is 9.66. The Balaban J connectivity index is 4.07. The van der Waals surface area contributed by atoms with Crippen molar-refractivity contribution in [3.05, 3.63) is 0 Å². The second-order valence-corrected chi connectivity index (χ2v) is 8.21. The van der Waals surface area contributed by atoms with E-state index in [9.17, 15) is 0 Å². The fraction of sp³-hybridized carbons (Fsp3) is 1.00. The van der Waals surface area contributed by atoms with Gasteiger partial charge in [-0.1, -0.05) is 20.8 Å². The smallest absolute Gasteiger partial charge is 0.337 e. The van der Waals surface area contributed by atoms with Gasteiger partial charge in [0.2, 0.25) is 0 Å². The number of nitrogens with one attached hydrogen (secondary N) is 1. The fourth-order valence-corrected chi connectivity index (χ4v) is 4.85. The molecule has 0 amide bonds. The number of nitrogens with two attached hydrogens (primary N) is 1. The van der Waals surface area contributed by atoms with E-state index in [1.807, 2.05) is 0 Å². The third-order valence-electron chi connectivity index (χ3n) is 2.91. The highest BCUT2D eigenvalue weighted by atomic mass is 28.4. The summed E-state index contributed by atoms with van der Waals surface area (Å²) in [5.74, 6) is 0. The van der Waals surface area contributed by atoms with Crippen LogP contribution in [0.2, 0.25) is 12.1 Å². The highest BCUT2D eigenvalue weighted by Gasteiger charge is 2.34. The molecule has 0 unspecified atom stereocenters. The van der Waals surface area contributed by atoms with E-state index in [0.29, 0.717) is 6.54 Å². The molecule has 4 nitrogen and oxygen atoms in total. The topological polar surface area (TPSA) is 56.5 Å². The lowest BCUT2D eigenvalue weighted by Crippen LogP contribution is -2.42. The monoisotopic (exact) mass is 276 g/mol. The molecule has 110 valence electrons. The van der Waals surface area contributed by atoms with E-state index in [1.54, 1.807) is 0 Å². The first-order chi connectivity index (χ1) is 8.74. The van der Waals surface area contributed by atoms with Gasteiger partial charge < -0.3 is 19.9 Å². The second-order valence-electron chi connectivity index (χ2n) is 4.60. The SMILES string of the molecule is CCCO[Si](CC)(CCCNCCN)OCCC. The average Bonchev–Trinajstić information content (AvgIpc) is 2.41. The highest BCUT2D eigenvalue weighted by molar-refractivity contribution is 6.67. The molecule has 0 rings (SSSR count). The van der Waals surface area contributed by atoms with Gasteiger partial charge in [-0.3, -0.25) is 0 Å². The van der Waals surface area contributed by atoms with Crippen LogP contribution in [-0.4, -0.2) is 41.4 Å². The zero-order valence-electron chi connectivity index (χ0n) is 12.5. The van der Waals surface area contributed by atoms with Crippen LogP contribution in [0.15, 0.2) is 0 Å². The summed E-state index contributed by atoms with van der Waals surface area (Å²) in [6.45, 7) is 10.8. The van der Waals surface area contributed by atoms with E-state index in [-0.39, 0.29) is 0 Å². The minimum atomic E-state index is -1.94. The first-order valence-electron chi connectivity index (χ1n) is 7.43. The van der Waals surface area contributed by atoms with Crippen molar-refractivity contribution in [1.29, 1.82) is 0 Å². The van der Waals surface area contributed by atoms with E-state index < -0.39 is 8.56 Å². The van der Waals surface area contributed by atoms with Gasteiger partial charge in [-0.05, 0) is 37.9 Å². The molecule has 0 heterocycles. The Labute approximate surface area is 114 Å². The molecule has 0 bridgehead atoms. The molecule has 5 heteroatoms. The Hall–Kier alpha value is 0.0569. The quantitative estimate of drug-likeness (QED) is 0.400. The van der Waals surface area contributed by atoms with Crippen LogP contribution in [0, 0.1) is 0 Å². The van der Waals surface area contributed by atoms with Gasteiger partial charge in [0.15, 0.2) is 0 Å². The lowest BCUT2D eigenvalue weighted by Gasteiger charge is -2.30. The van der Waals surface area contributed by atoms with Crippen LogP contribution in [0.1, 0.15) is 40.0 Å². The first kappa shape index (κ1) is 18.1. The summed E-state index contributed by atoms with van der Waals surface area (Å²) >= 11 is 0. The molecule has 0 fully saturated rings. The van der Waals surface area contributed by atoms with Crippen LogP contribution in [-0.2, 0) is 8.85 Å². The summed E-state index contributed by atoms with van der Waals surface area (Å²) in [4.78, 5) is 0. The van der Waals surface area contributed by atoms with Gasteiger partial charge in [0.1, 0.15) is 0 Å². The molecule has 18 heavy (non-hydrogen) atoms. The van der Waals surface area contributed by atoms with Crippen LogP contribution in [0.3, 0.4) is 0 Å². The van der Waals surface area contributed by atoms with Crippen molar-refractivity contribution in [2.75, 3.05) is 32.8 Å². The summed E-state index contributed by atoms with van der Waals surface area (Å²) in [5, 5.41) is 3.33. The molecule has 0 aliphatic carbocycles. The lowest BCUT2D eigenvalue weighted by molar-refractivity contribution is 0.167. The van der Waals surface area contributed by atoms with E-state index in [2.05, 4.69) is 26.1 Å². The molecule has 0 spiro atoms. The van der Waals surface area contributed by atoms with Crippen LogP contribution in [0.5, 0.6) is 0 Å². The Morgan fingerprint density at radius 2 is 1.61 bits per heavy atom. The molecular weight excluding hydrogens is 244 g/mol. The Morgan fingerprint density at radius 1 is 1.00 bits per heavy atom. The molecule has 0 aromatic rings. The zero-order chi connectivity index (χ0) is 13.7. The minimum absolute atomic E-state index is 0.703. The van der Waals surface area contributed by atoms with Crippen LogP contribution in [0.25, 0.3) is 0 Å². The summed E-state index contributed by atoms with van der Waals surface area (Å²) in [6, 6.07) is 2.13. The Bertz CT molecular complexity index is 174. The predicted octanol–water partition coefficient (Wildman–Crippen LogP) is 2.24. The van der Waals surface area contributed by atoms with Gasteiger partial charge in [0.25, 0.3) is 0 Å². The van der Waals surface area contributed by atoms with E-state index in [4.69, 9.17) is 14.6 Å². The maximum atomic E-state index is 6.10. The molecule has 0 radical (unpaired) electrons. The van der Waals surface area contributed by atoms with Crippen molar-refractivity contribution in [2.24, 2.45) is 5.73 Å². The maximum Gasteiger partial charge on any atom is 0.337 e. The standard InChI is InChI=1S/C13H32N2O2Si/c1-4-11-16-18(6-3,17-12-5-2)13-7-9-15-10-8-14/h15H,4-14H2,1-3H3. The normalized spacial score (nSPS) is 12.0. The molecular formula is C13H32N2O2Si. The van der Waals surface area contributed by atoms with Crippen molar-refractivity contribution < 1.29 is 8.85 Å². The molecule has 0 aromatic carbocycles. The van der Waals surface area contributed by atoms with Crippen molar-refractivity contribution in [3.63, 3.8) is 0 Å². The molecule has 3 N–H and O–H groups in total. The van der Waals surface area contributed by atoms with Gasteiger partial charge in [-0.25, -0.2) is 0 Å². The third-order valence-corrected chi connectivity index (χ3v) is 6.56. The van der Waals surface area contributed by atoms with Gasteiger partial charge in [0, 0.05) is 26.3 Å². The van der Waals surface area contributed by atoms with Crippen molar-refractivity contribution in [3.8, 4) is 0 Å². The molecule has 0 aliphatic heterocycles. The average molecular weight is 276 g/mol. The summed E-state index contributed by atoms with van der Waals surface area (Å²) in [7, 11) is -1.94. The summed E-state index contributed by atoms with van der Waals surface area (Å²) in [5.41, 5.74) is 5.45. The molecule has 0 aliphatic rings. The van der Waals surface area contributed by atoms with Crippen molar-refractivity contribution in [1.82, 2.24) is 5.32 Å². The summed E-state index contributed by atoms with van der Waals surface area (Å²) < 4.78 is 12.2. The number of rotatable bonds is 13.